The molecule has 0 radical (unpaired) electrons. The second-order valence-electron chi connectivity index (χ2n) is 4.75. The van der Waals surface area contributed by atoms with Crippen molar-refractivity contribution in [3.63, 3.8) is 0 Å². The van der Waals surface area contributed by atoms with Gasteiger partial charge in [0.1, 0.15) is 5.69 Å². The molecule has 0 spiro atoms. The Morgan fingerprint density at radius 1 is 1.35 bits per heavy atom. The summed E-state index contributed by atoms with van der Waals surface area (Å²) in [5.74, 6) is -0.0674. The number of hydrogen-bond donors (Lipinski definition) is 3. The first-order valence-electron chi connectivity index (χ1n) is 6.19. The average molecular weight is 236 g/mol. The van der Waals surface area contributed by atoms with Gasteiger partial charge in [-0.2, -0.15) is 5.10 Å². The molecule has 1 aliphatic rings. The van der Waals surface area contributed by atoms with E-state index in [0.717, 1.165) is 31.4 Å². The summed E-state index contributed by atoms with van der Waals surface area (Å²) in [4.78, 5) is 11.9. The van der Waals surface area contributed by atoms with E-state index in [4.69, 9.17) is 0 Å². The van der Waals surface area contributed by atoms with Crippen molar-refractivity contribution in [2.75, 3.05) is 7.05 Å². The number of aromatic amines is 1. The van der Waals surface area contributed by atoms with Crippen molar-refractivity contribution in [1.82, 2.24) is 20.8 Å². The Morgan fingerprint density at radius 3 is 2.53 bits per heavy atom. The molecule has 1 aromatic heterocycles. The third kappa shape index (κ3) is 3.06. The number of carbonyl (C=O) groups excluding carboxylic acids is 1. The zero-order valence-corrected chi connectivity index (χ0v) is 10.4. The van der Waals surface area contributed by atoms with E-state index in [0.29, 0.717) is 17.8 Å². The minimum absolute atomic E-state index is 0.0674. The van der Waals surface area contributed by atoms with Gasteiger partial charge in [-0.3, -0.25) is 9.89 Å². The van der Waals surface area contributed by atoms with Crippen LogP contribution in [0.15, 0.2) is 6.07 Å². The molecule has 0 aromatic carbocycles. The maximum absolute atomic E-state index is 11.9. The van der Waals surface area contributed by atoms with Crippen molar-refractivity contribution in [2.24, 2.45) is 0 Å². The molecule has 17 heavy (non-hydrogen) atoms. The van der Waals surface area contributed by atoms with Crippen LogP contribution >= 0.6 is 0 Å². The predicted octanol–water partition coefficient (Wildman–Crippen LogP) is 0.979. The Hall–Kier alpha value is -1.36. The Bertz CT molecular complexity index is 380. The molecule has 5 nitrogen and oxygen atoms in total. The van der Waals surface area contributed by atoms with Gasteiger partial charge >= 0.3 is 0 Å². The maximum atomic E-state index is 11.9. The average Bonchev–Trinajstić information content (AvgIpc) is 2.77. The molecule has 2 rings (SSSR count). The van der Waals surface area contributed by atoms with Gasteiger partial charge in [-0.05, 0) is 45.7 Å². The zero-order valence-electron chi connectivity index (χ0n) is 10.4. The van der Waals surface area contributed by atoms with Gasteiger partial charge in [0.15, 0.2) is 0 Å². The van der Waals surface area contributed by atoms with Gasteiger partial charge in [0.25, 0.3) is 5.91 Å². The first-order chi connectivity index (χ1) is 8.19. The second kappa shape index (κ2) is 5.31. The predicted molar refractivity (Wildman–Crippen MR) is 65.9 cm³/mol. The van der Waals surface area contributed by atoms with E-state index >= 15 is 0 Å². The van der Waals surface area contributed by atoms with Crippen LogP contribution in [0.1, 0.15) is 41.9 Å². The Balaban J connectivity index is 1.84. The first-order valence-corrected chi connectivity index (χ1v) is 6.19. The zero-order chi connectivity index (χ0) is 12.3. The molecule has 3 N–H and O–H groups in total. The minimum atomic E-state index is -0.0674. The van der Waals surface area contributed by atoms with Crippen molar-refractivity contribution in [2.45, 2.75) is 44.7 Å². The second-order valence-corrected chi connectivity index (χ2v) is 4.75. The molecular formula is C12H20N4O. The fourth-order valence-corrected chi connectivity index (χ4v) is 2.32. The number of nitrogens with one attached hydrogen (secondary N) is 3. The smallest absolute Gasteiger partial charge is 0.271 e. The molecular weight excluding hydrogens is 216 g/mol. The Kier molecular flexibility index (Phi) is 3.78. The fraction of sp³-hybridized carbons (Fsp3) is 0.667. The lowest BCUT2D eigenvalue weighted by atomic mass is 9.91. The number of aromatic nitrogens is 2. The molecule has 1 aromatic rings. The molecule has 0 bridgehead atoms. The van der Waals surface area contributed by atoms with Crippen LogP contribution in [0.4, 0.5) is 0 Å². The Labute approximate surface area is 101 Å². The van der Waals surface area contributed by atoms with Crippen molar-refractivity contribution >= 4 is 5.91 Å². The molecule has 0 aliphatic heterocycles. The molecule has 0 saturated heterocycles. The summed E-state index contributed by atoms with van der Waals surface area (Å²) in [6.45, 7) is 1.89. The van der Waals surface area contributed by atoms with E-state index in [1.807, 2.05) is 14.0 Å². The summed E-state index contributed by atoms with van der Waals surface area (Å²) in [7, 11) is 2.00. The quantitative estimate of drug-likeness (QED) is 0.732. The molecule has 1 aliphatic carbocycles. The highest BCUT2D eigenvalue weighted by Gasteiger charge is 2.22. The lowest BCUT2D eigenvalue weighted by Gasteiger charge is -2.28. The van der Waals surface area contributed by atoms with Gasteiger partial charge in [0, 0.05) is 17.8 Å². The first kappa shape index (κ1) is 12.1. The highest BCUT2D eigenvalue weighted by molar-refractivity contribution is 5.92. The van der Waals surface area contributed by atoms with E-state index in [9.17, 15) is 4.79 Å². The maximum Gasteiger partial charge on any atom is 0.271 e. The SMILES string of the molecule is CNC1CCC(NC(=O)c2cc(C)[nH]n2)CC1. The van der Waals surface area contributed by atoms with Crippen LogP contribution in [0.5, 0.6) is 0 Å². The summed E-state index contributed by atoms with van der Waals surface area (Å²) in [5.41, 5.74) is 1.40. The van der Waals surface area contributed by atoms with E-state index in [1.54, 1.807) is 6.07 Å². The lowest BCUT2D eigenvalue weighted by Crippen LogP contribution is -2.41. The third-order valence-electron chi connectivity index (χ3n) is 3.41. The molecule has 1 fully saturated rings. The number of nitrogens with zero attached hydrogens (tertiary/aromatic N) is 1. The van der Waals surface area contributed by atoms with Crippen molar-refractivity contribution < 1.29 is 4.79 Å². The van der Waals surface area contributed by atoms with Crippen LogP contribution in [0.3, 0.4) is 0 Å². The summed E-state index contributed by atoms with van der Waals surface area (Å²) < 4.78 is 0. The van der Waals surface area contributed by atoms with Crippen molar-refractivity contribution in [3.8, 4) is 0 Å². The van der Waals surface area contributed by atoms with Crippen molar-refractivity contribution in [1.29, 1.82) is 0 Å². The summed E-state index contributed by atoms with van der Waals surface area (Å²) in [5, 5.41) is 13.1. The number of aryl methyl sites for hydroxylation is 1. The van der Waals surface area contributed by atoms with E-state index in [2.05, 4.69) is 20.8 Å². The van der Waals surface area contributed by atoms with Crippen molar-refractivity contribution in [3.05, 3.63) is 17.5 Å². The van der Waals surface area contributed by atoms with Gasteiger partial charge in [-0.1, -0.05) is 0 Å². The largest absolute Gasteiger partial charge is 0.348 e. The van der Waals surface area contributed by atoms with Gasteiger partial charge in [0.2, 0.25) is 0 Å². The topological polar surface area (TPSA) is 69.8 Å². The fourth-order valence-electron chi connectivity index (χ4n) is 2.32. The van der Waals surface area contributed by atoms with Crippen LogP contribution in [0.2, 0.25) is 0 Å². The standard InChI is InChI=1S/C12H20N4O/c1-8-7-11(16-15-8)12(17)14-10-5-3-9(13-2)4-6-10/h7,9-10,13H,3-6H2,1-2H3,(H,14,17)(H,15,16). The van der Waals surface area contributed by atoms with E-state index in [-0.39, 0.29) is 5.91 Å². The van der Waals surface area contributed by atoms with Crippen LogP contribution in [0.25, 0.3) is 0 Å². The van der Waals surface area contributed by atoms with Gasteiger partial charge in [0.05, 0.1) is 0 Å². The van der Waals surface area contributed by atoms with Crippen LogP contribution in [-0.2, 0) is 0 Å². The van der Waals surface area contributed by atoms with Gasteiger partial charge in [-0.25, -0.2) is 0 Å². The Morgan fingerprint density at radius 2 is 2.00 bits per heavy atom. The number of amides is 1. The van der Waals surface area contributed by atoms with E-state index in [1.165, 1.54) is 0 Å². The van der Waals surface area contributed by atoms with Crippen LogP contribution < -0.4 is 10.6 Å². The number of hydrogen-bond acceptors (Lipinski definition) is 3. The summed E-state index contributed by atoms with van der Waals surface area (Å²) >= 11 is 0. The minimum Gasteiger partial charge on any atom is -0.348 e. The molecule has 1 saturated carbocycles. The normalized spacial score (nSPS) is 24.6. The highest BCUT2D eigenvalue weighted by atomic mass is 16.2. The highest BCUT2D eigenvalue weighted by Crippen LogP contribution is 2.18. The summed E-state index contributed by atoms with van der Waals surface area (Å²) in [6, 6.07) is 2.68. The van der Waals surface area contributed by atoms with Gasteiger partial charge in [-0.15, -0.1) is 0 Å². The monoisotopic (exact) mass is 236 g/mol. The summed E-state index contributed by atoms with van der Waals surface area (Å²) in [6.07, 6.45) is 4.34. The molecule has 1 heterocycles. The molecule has 1 amide bonds. The number of carbonyl (C=O) groups is 1. The lowest BCUT2D eigenvalue weighted by molar-refractivity contribution is 0.0919. The number of rotatable bonds is 3. The molecule has 0 atom stereocenters. The van der Waals surface area contributed by atoms with Crippen LogP contribution in [-0.4, -0.2) is 35.2 Å². The van der Waals surface area contributed by atoms with E-state index < -0.39 is 0 Å². The molecule has 0 unspecified atom stereocenters. The number of H-pyrrole nitrogens is 1. The third-order valence-corrected chi connectivity index (χ3v) is 3.41. The van der Waals surface area contributed by atoms with Gasteiger partial charge < -0.3 is 10.6 Å². The molecule has 5 heteroatoms. The molecule has 94 valence electrons. The van der Waals surface area contributed by atoms with Crippen LogP contribution in [0, 0.1) is 6.92 Å².